The summed E-state index contributed by atoms with van der Waals surface area (Å²) in [4.78, 5) is 22.6. The summed E-state index contributed by atoms with van der Waals surface area (Å²) in [5, 5.41) is 19.0. The first kappa shape index (κ1) is 9.26. The van der Waals surface area contributed by atoms with Crippen LogP contribution >= 0.6 is 0 Å². The second kappa shape index (κ2) is 2.78. The van der Waals surface area contributed by atoms with Crippen molar-refractivity contribution < 1.29 is 29.3 Å². The summed E-state index contributed by atoms with van der Waals surface area (Å²) in [6, 6.07) is 0. The lowest BCUT2D eigenvalue weighted by molar-refractivity contribution is -0.181. The normalized spacial score (nSPS) is 52.9. The van der Waals surface area contributed by atoms with Crippen LogP contribution in [-0.4, -0.2) is 34.7 Å². The highest BCUT2D eigenvalue weighted by Gasteiger charge is 2.63. The number of carbonyl (C=O) groups excluding carboxylic acids is 2. The van der Waals surface area contributed by atoms with Crippen molar-refractivity contribution in [2.45, 2.75) is 19.0 Å². The number of fused-ring (bicyclic) bond motifs is 3. The van der Waals surface area contributed by atoms with E-state index >= 15 is 0 Å². The van der Waals surface area contributed by atoms with E-state index < -0.39 is 42.3 Å². The molecule has 6 unspecified atom stereocenters. The highest BCUT2D eigenvalue weighted by Crippen LogP contribution is 2.52. The van der Waals surface area contributed by atoms with E-state index in [0.29, 0.717) is 6.42 Å². The standard InChI is InChI=1S/C9H10O6/c10-6-2-1-3-5(4(2)8(12)14-6)9(13)15-7(3)11/h2-6,8,10,12H,1H2. The number of hydrogen-bond donors (Lipinski definition) is 2. The maximum atomic E-state index is 11.4. The van der Waals surface area contributed by atoms with Gasteiger partial charge >= 0.3 is 11.9 Å². The summed E-state index contributed by atoms with van der Waals surface area (Å²) >= 11 is 0. The molecule has 2 N–H and O–H groups in total. The lowest BCUT2D eigenvalue weighted by Crippen LogP contribution is -2.28. The minimum atomic E-state index is -1.18. The zero-order chi connectivity index (χ0) is 10.7. The first-order valence-electron chi connectivity index (χ1n) is 4.86. The van der Waals surface area contributed by atoms with Gasteiger partial charge in [0.25, 0.3) is 0 Å². The van der Waals surface area contributed by atoms with E-state index in [0.717, 1.165) is 0 Å². The van der Waals surface area contributed by atoms with Gasteiger partial charge in [0.2, 0.25) is 0 Å². The molecule has 0 aromatic heterocycles. The van der Waals surface area contributed by atoms with Crippen molar-refractivity contribution in [3.63, 3.8) is 0 Å². The smallest absolute Gasteiger partial charge is 0.317 e. The van der Waals surface area contributed by atoms with Gasteiger partial charge in [-0.25, -0.2) is 0 Å². The quantitative estimate of drug-likeness (QED) is 0.381. The summed E-state index contributed by atoms with van der Waals surface area (Å²) < 4.78 is 9.31. The largest absolute Gasteiger partial charge is 0.393 e. The van der Waals surface area contributed by atoms with Crippen molar-refractivity contribution in [3.05, 3.63) is 0 Å². The van der Waals surface area contributed by atoms with Gasteiger partial charge in [0.1, 0.15) is 0 Å². The van der Waals surface area contributed by atoms with Crippen LogP contribution in [0.25, 0.3) is 0 Å². The average molecular weight is 214 g/mol. The Morgan fingerprint density at radius 3 is 2.60 bits per heavy atom. The monoisotopic (exact) mass is 214 g/mol. The molecule has 82 valence electrons. The van der Waals surface area contributed by atoms with E-state index in [9.17, 15) is 19.8 Å². The van der Waals surface area contributed by atoms with Gasteiger partial charge < -0.3 is 19.7 Å². The molecule has 2 saturated heterocycles. The van der Waals surface area contributed by atoms with Crippen LogP contribution < -0.4 is 0 Å². The van der Waals surface area contributed by atoms with Crippen LogP contribution in [0.3, 0.4) is 0 Å². The van der Waals surface area contributed by atoms with Gasteiger partial charge in [0.15, 0.2) is 12.6 Å². The molecule has 2 aliphatic heterocycles. The van der Waals surface area contributed by atoms with Crippen LogP contribution in [0, 0.1) is 23.7 Å². The lowest BCUT2D eigenvalue weighted by atomic mass is 9.89. The van der Waals surface area contributed by atoms with Crippen molar-refractivity contribution in [1.82, 2.24) is 0 Å². The Labute approximate surface area is 84.8 Å². The molecule has 0 bridgehead atoms. The Balaban J connectivity index is 1.96. The zero-order valence-corrected chi connectivity index (χ0v) is 7.70. The molecule has 15 heavy (non-hydrogen) atoms. The topological polar surface area (TPSA) is 93.1 Å². The summed E-state index contributed by atoms with van der Waals surface area (Å²) in [7, 11) is 0. The Morgan fingerprint density at radius 2 is 1.87 bits per heavy atom. The third-order valence-electron chi connectivity index (χ3n) is 3.62. The van der Waals surface area contributed by atoms with Gasteiger partial charge in [0, 0.05) is 11.8 Å². The van der Waals surface area contributed by atoms with Crippen LogP contribution in [0.2, 0.25) is 0 Å². The van der Waals surface area contributed by atoms with Crippen LogP contribution in [0.4, 0.5) is 0 Å². The van der Waals surface area contributed by atoms with Gasteiger partial charge in [-0.3, -0.25) is 9.59 Å². The highest BCUT2D eigenvalue weighted by molar-refractivity contribution is 5.97. The fourth-order valence-electron chi connectivity index (χ4n) is 2.97. The number of cyclic esters (lactones) is 2. The summed E-state index contributed by atoms with van der Waals surface area (Å²) in [6.07, 6.45) is -1.92. The lowest BCUT2D eigenvalue weighted by Gasteiger charge is -2.14. The Kier molecular flexibility index (Phi) is 1.72. The second-order valence-corrected chi connectivity index (χ2v) is 4.27. The number of ether oxygens (including phenoxy) is 2. The van der Waals surface area contributed by atoms with Crippen LogP contribution in [0.15, 0.2) is 0 Å². The molecule has 0 radical (unpaired) electrons. The zero-order valence-electron chi connectivity index (χ0n) is 7.70. The third kappa shape index (κ3) is 1.04. The molecule has 6 atom stereocenters. The van der Waals surface area contributed by atoms with Crippen LogP contribution in [0.5, 0.6) is 0 Å². The predicted octanol–water partition coefficient (Wildman–Crippen LogP) is -1.39. The molecule has 0 aromatic rings. The van der Waals surface area contributed by atoms with Gasteiger partial charge in [-0.15, -0.1) is 0 Å². The minimum Gasteiger partial charge on any atom is -0.393 e. The Morgan fingerprint density at radius 1 is 1.13 bits per heavy atom. The number of rotatable bonds is 0. The van der Waals surface area contributed by atoms with E-state index in [1.54, 1.807) is 0 Å². The summed E-state index contributed by atoms with van der Waals surface area (Å²) in [5.74, 6) is -3.15. The van der Waals surface area contributed by atoms with E-state index in [-0.39, 0.29) is 5.92 Å². The SMILES string of the molecule is O=C1OC(=O)C2C1CC1C(O)OC(O)C12. The summed E-state index contributed by atoms with van der Waals surface area (Å²) in [6.45, 7) is 0. The van der Waals surface area contributed by atoms with Crippen molar-refractivity contribution in [2.75, 3.05) is 0 Å². The predicted molar refractivity (Wildman–Crippen MR) is 42.8 cm³/mol. The molecule has 1 saturated carbocycles. The number of aliphatic hydroxyl groups is 2. The highest BCUT2D eigenvalue weighted by atomic mass is 16.7. The molecule has 0 aromatic carbocycles. The molecule has 1 aliphatic carbocycles. The molecule has 6 heteroatoms. The maximum absolute atomic E-state index is 11.4. The van der Waals surface area contributed by atoms with E-state index in [2.05, 4.69) is 4.74 Å². The number of esters is 2. The van der Waals surface area contributed by atoms with Crippen LogP contribution in [0.1, 0.15) is 6.42 Å². The van der Waals surface area contributed by atoms with Crippen LogP contribution in [-0.2, 0) is 19.1 Å². The van der Waals surface area contributed by atoms with Crippen molar-refractivity contribution >= 4 is 11.9 Å². The first-order valence-corrected chi connectivity index (χ1v) is 4.86. The molecule has 3 fully saturated rings. The first-order chi connectivity index (χ1) is 7.09. The molecule has 6 nitrogen and oxygen atoms in total. The van der Waals surface area contributed by atoms with Gasteiger partial charge in [-0.05, 0) is 6.42 Å². The van der Waals surface area contributed by atoms with Gasteiger partial charge in [-0.2, -0.15) is 0 Å². The Bertz CT molecular complexity index is 339. The second-order valence-electron chi connectivity index (χ2n) is 4.27. The van der Waals surface area contributed by atoms with Crippen molar-refractivity contribution in [2.24, 2.45) is 23.7 Å². The number of carbonyl (C=O) groups is 2. The molecule has 3 rings (SSSR count). The van der Waals surface area contributed by atoms with Crippen molar-refractivity contribution in [1.29, 1.82) is 0 Å². The maximum Gasteiger partial charge on any atom is 0.317 e. The van der Waals surface area contributed by atoms with E-state index in [1.807, 2.05) is 0 Å². The summed E-state index contributed by atoms with van der Waals surface area (Å²) in [5.41, 5.74) is 0. The molecular formula is C9H10O6. The van der Waals surface area contributed by atoms with E-state index in [4.69, 9.17) is 4.74 Å². The minimum absolute atomic E-state index is 0.341. The fourth-order valence-corrected chi connectivity index (χ4v) is 2.97. The molecule has 0 spiro atoms. The van der Waals surface area contributed by atoms with E-state index in [1.165, 1.54) is 0 Å². The third-order valence-corrected chi connectivity index (χ3v) is 3.62. The average Bonchev–Trinajstić information content (AvgIpc) is 2.72. The molecular weight excluding hydrogens is 204 g/mol. The van der Waals surface area contributed by atoms with Gasteiger partial charge in [-0.1, -0.05) is 0 Å². The fraction of sp³-hybridized carbons (Fsp3) is 0.778. The van der Waals surface area contributed by atoms with Crippen molar-refractivity contribution in [3.8, 4) is 0 Å². The molecule has 2 heterocycles. The van der Waals surface area contributed by atoms with Gasteiger partial charge in [0.05, 0.1) is 11.8 Å². The number of hydrogen-bond acceptors (Lipinski definition) is 6. The molecule has 3 aliphatic rings. The Hall–Kier alpha value is -0.980. The number of aliphatic hydroxyl groups excluding tert-OH is 2. The molecule has 0 amide bonds.